The van der Waals surface area contributed by atoms with Crippen molar-refractivity contribution >= 4 is 29.0 Å². The molecule has 2 aromatic heterocycles. The van der Waals surface area contributed by atoms with Gasteiger partial charge in [-0.15, -0.1) is 11.3 Å². The molecule has 2 heterocycles. The number of aryl methyl sites for hydroxylation is 2. The Morgan fingerprint density at radius 3 is 2.50 bits per heavy atom. The first-order valence-corrected chi connectivity index (χ1v) is 11.1. The smallest absolute Gasteiger partial charge is 0.266 e. The molecular formula is C26H22N4OS. The van der Waals surface area contributed by atoms with Crippen LogP contribution in [0.1, 0.15) is 22.3 Å². The van der Waals surface area contributed by atoms with E-state index in [0.29, 0.717) is 6.54 Å². The minimum absolute atomic E-state index is 0.0321. The standard InChI is InChI=1S/C26H22N4OS/c1-18-8-6-9-19(2)24(18)28-26(31)21(15-27)14-22-17-30(16-20-10-4-3-5-11-20)29-25(22)23-12-7-13-32-23/h3-14,17H,16H2,1-2H3,(H,28,31)/b21-14+. The number of hydrogen-bond donors (Lipinski definition) is 1. The summed E-state index contributed by atoms with van der Waals surface area (Å²) < 4.78 is 1.84. The summed E-state index contributed by atoms with van der Waals surface area (Å²) >= 11 is 1.57. The first-order chi connectivity index (χ1) is 15.5. The van der Waals surface area contributed by atoms with Gasteiger partial charge >= 0.3 is 0 Å². The third-order valence-electron chi connectivity index (χ3n) is 5.12. The molecule has 32 heavy (non-hydrogen) atoms. The molecule has 0 unspecified atom stereocenters. The number of carbonyl (C=O) groups is 1. The highest BCUT2D eigenvalue weighted by atomic mass is 32.1. The minimum Gasteiger partial charge on any atom is -0.321 e. The first-order valence-electron chi connectivity index (χ1n) is 10.2. The SMILES string of the molecule is Cc1cccc(C)c1NC(=O)/C(C#N)=C/c1cn(Cc2ccccc2)nc1-c1cccs1. The molecule has 4 aromatic rings. The second-order valence-electron chi connectivity index (χ2n) is 7.48. The first kappa shape index (κ1) is 21.3. The van der Waals surface area contributed by atoms with Gasteiger partial charge in [-0.3, -0.25) is 9.48 Å². The lowest BCUT2D eigenvalue weighted by Crippen LogP contribution is -2.15. The van der Waals surface area contributed by atoms with Crippen LogP contribution in [0.3, 0.4) is 0 Å². The number of benzene rings is 2. The summed E-state index contributed by atoms with van der Waals surface area (Å²) in [5, 5.41) is 19.4. The minimum atomic E-state index is -0.433. The average molecular weight is 439 g/mol. The summed E-state index contributed by atoms with van der Waals surface area (Å²) in [5.41, 5.74) is 5.27. The van der Waals surface area contributed by atoms with Gasteiger partial charge < -0.3 is 5.32 Å². The number of anilines is 1. The molecular weight excluding hydrogens is 416 g/mol. The zero-order valence-electron chi connectivity index (χ0n) is 17.9. The lowest BCUT2D eigenvalue weighted by molar-refractivity contribution is -0.112. The summed E-state index contributed by atoms with van der Waals surface area (Å²) in [5.74, 6) is -0.433. The zero-order valence-corrected chi connectivity index (χ0v) is 18.7. The van der Waals surface area contributed by atoms with Crippen molar-refractivity contribution in [2.75, 3.05) is 5.32 Å². The van der Waals surface area contributed by atoms with E-state index in [1.165, 1.54) is 0 Å². The van der Waals surface area contributed by atoms with Crippen LogP contribution in [0.15, 0.2) is 77.8 Å². The number of carbonyl (C=O) groups excluding carboxylic acids is 1. The van der Waals surface area contributed by atoms with Gasteiger partial charge in [0.05, 0.1) is 11.4 Å². The summed E-state index contributed by atoms with van der Waals surface area (Å²) in [6.07, 6.45) is 3.50. The van der Waals surface area contributed by atoms with Gasteiger partial charge in [0.25, 0.3) is 5.91 Å². The van der Waals surface area contributed by atoms with Crippen molar-refractivity contribution in [3.05, 3.63) is 100 Å². The fraction of sp³-hybridized carbons (Fsp3) is 0.115. The molecule has 0 spiro atoms. The number of nitriles is 1. The van der Waals surface area contributed by atoms with Crippen molar-refractivity contribution < 1.29 is 4.79 Å². The van der Waals surface area contributed by atoms with Crippen LogP contribution in [0.2, 0.25) is 0 Å². The van der Waals surface area contributed by atoms with E-state index in [1.54, 1.807) is 17.4 Å². The van der Waals surface area contributed by atoms with Gasteiger partial charge in [-0.05, 0) is 48.1 Å². The molecule has 158 valence electrons. The quantitative estimate of drug-likeness (QED) is 0.304. The molecule has 0 aliphatic carbocycles. The van der Waals surface area contributed by atoms with Crippen LogP contribution in [0.25, 0.3) is 16.6 Å². The van der Waals surface area contributed by atoms with Crippen molar-refractivity contribution in [1.82, 2.24) is 9.78 Å². The average Bonchev–Trinajstić information content (AvgIpc) is 3.45. The Hall–Kier alpha value is -3.95. The molecule has 0 saturated carbocycles. The van der Waals surface area contributed by atoms with Gasteiger partial charge in [-0.25, -0.2) is 0 Å². The highest BCUT2D eigenvalue weighted by Gasteiger charge is 2.16. The van der Waals surface area contributed by atoms with Gasteiger partial charge in [0, 0.05) is 17.4 Å². The van der Waals surface area contributed by atoms with E-state index in [4.69, 9.17) is 5.10 Å². The van der Waals surface area contributed by atoms with Crippen LogP contribution in [0.5, 0.6) is 0 Å². The Labute approximate surface area is 191 Å². The van der Waals surface area contributed by atoms with Gasteiger partial charge in [0.2, 0.25) is 0 Å². The molecule has 6 heteroatoms. The van der Waals surface area contributed by atoms with E-state index in [9.17, 15) is 10.1 Å². The van der Waals surface area contributed by atoms with E-state index < -0.39 is 5.91 Å². The number of hydrogen-bond acceptors (Lipinski definition) is 4. The van der Waals surface area contributed by atoms with Crippen LogP contribution < -0.4 is 5.32 Å². The highest BCUT2D eigenvalue weighted by Crippen LogP contribution is 2.29. The van der Waals surface area contributed by atoms with E-state index in [1.807, 2.05) is 90.8 Å². The monoisotopic (exact) mass is 438 g/mol. The Morgan fingerprint density at radius 1 is 1.09 bits per heavy atom. The highest BCUT2D eigenvalue weighted by molar-refractivity contribution is 7.13. The maximum absolute atomic E-state index is 12.9. The number of amides is 1. The second-order valence-corrected chi connectivity index (χ2v) is 8.43. The lowest BCUT2D eigenvalue weighted by atomic mass is 10.1. The number of aromatic nitrogens is 2. The van der Waals surface area contributed by atoms with E-state index in [-0.39, 0.29) is 5.57 Å². The normalized spacial score (nSPS) is 11.2. The molecule has 0 aliphatic heterocycles. The molecule has 5 nitrogen and oxygen atoms in total. The summed E-state index contributed by atoms with van der Waals surface area (Å²) in [7, 11) is 0. The zero-order chi connectivity index (χ0) is 22.5. The fourth-order valence-electron chi connectivity index (χ4n) is 3.50. The summed E-state index contributed by atoms with van der Waals surface area (Å²) in [6, 6.07) is 21.9. The predicted molar refractivity (Wildman–Crippen MR) is 129 cm³/mol. The molecule has 0 fully saturated rings. The molecule has 1 N–H and O–H groups in total. The number of thiophene rings is 1. The number of nitrogens with zero attached hydrogens (tertiary/aromatic N) is 3. The van der Waals surface area contributed by atoms with E-state index in [0.717, 1.165) is 38.5 Å². The summed E-state index contributed by atoms with van der Waals surface area (Å²) in [4.78, 5) is 13.9. The lowest BCUT2D eigenvalue weighted by Gasteiger charge is -2.10. The predicted octanol–water partition coefficient (Wildman–Crippen LogP) is 5.82. The number of para-hydroxylation sites is 1. The van der Waals surface area contributed by atoms with E-state index >= 15 is 0 Å². The van der Waals surface area contributed by atoms with Crippen molar-refractivity contribution in [1.29, 1.82) is 5.26 Å². The van der Waals surface area contributed by atoms with Crippen molar-refractivity contribution in [2.45, 2.75) is 20.4 Å². The maximum atomic E-state index is 12.9. The van der Waals surface area contributed by atoms with Crippen LogP contribution in [-0.4, -0.2) is 15.7 Å². The molecule has 2 aromatic carbocycles. The number of nitrogens with one attached hydrogen (secondary N) is 1. The van der Waals surface area contributed by atoms with Gasteiger partial charge in [0.1, 0.15) is 17.3 Å². The summed E-state index contributed by atoms with van der Waals surface area (Å²) in [6.45, 7) is 4.46. The topological polar surface area (TPSA) is 70.7 Å². The van der Waals surface area contributed by atoms with Crippen molar-refractivity contribution in [3.8, 4) is 16.6 Å². The Morgan fingerprint density at radius 2 is 1.84 bits per heavy atom. The fourth-order valence-corrected chi connectivity index (χ4v) is 4.23. The third-order valence-corrected chi connectivity index (χ3v) is 5.99. The van der Waals surface area contributed by atoms with Gasteiger partial charge in [-0.1, -0.05) is 54.6 Å². The molecule has 1 amide bonds. The third kappa shape index (κ3) is 4.69. The largest absolute Gasteiger partial charge is 0.321 e. The van der Waals surface area contributed by atoms with Crippen LogP contribution in [-0.2, 0) is 11.3 Å². The van der Waals surface area contributed by atoms with Gasteiger partial charge in [-0.2, -0.15) is 10.4 Å². The molecule has 0 radical (unpaired) electrons. The number of rotatable bonds is 6. The molecule has 0 saturated heterocycles. The molecule has 0 aliphatic rings. The Balaban J connectivity index is 1.68. The van der Waals surface area contributed by atoms with Crippen molar-refractivity contribution in [2.24, 2.45) is 0 Å². The second kappa shape index (κ2) is 9.46. The Bertz CT molecular complexity index is 1290. The van der Waals surface area contributed by atoms with Crippen LogP contribution >= 0.6 is 11.3 Å². The van der Waals surface area contributed by atoms with E-state index in [2.05, 4.69) is 11.4 Å². The Kier molecular flexibility index (Phi) is 6.29. The van der Waals surface area contributed by atoms with Crippen LogP contribution in [0.4, 0.5) is 5.69 Å². The van der Waals surface area contributed by atoms with Crippen molar-refractivity contribution in [3.63, 3.8) is 0 Å². The maximum Gasteiger partial charge on any atom is 0.266 e. The molecule has 0 bridgehead atoms. The molecule has 4 rings (SSSR count). The van der Waals surface area contributed by atoms with Gasteiger partial charge in [0.15, 0.2) is 0 Å². The van der Waals surface area contributed by atoms with Crippen LogP contribution in [0, 0.1) is 25.2 Å². The molecule has 0 atom stereocenters.